The van der Waals surface area contributed by atoms with E-state index in [0.29, 0.717) is 30.5 Å². The van der Waals surface area contributed by atoms with Crippen molar-refractivity contribution in [2.75, 3.05) is 30.3 Å². The maximum atomic E-state index is 6.10. The zero-order valence-corrected chi connectivity index (χ0v) is 19.1. The molecule has 5 rings (SSSR count). The number of nitrogens with zero attached hydrogens (tertiary/aromatic N) is 6. The Kier molecular flexibility index (Phi) is 5.85. The fourth-order valence-corrected chi connectivity index (χ4v) is 5.26. The number of pyridine rings is 1. The summed E-state index contributed by atoms with van der Waals surface area (Å²) in [6.07, 6.45) is 12.0. The molecule has 1 aliphatic carbocycles. The van der Waals surface area contributed by atoms with Crippen LogP contribution >= 0.6 is 0 Å². The van der Waals surface area contributed by atoms with Crippen molar-refractivity contribution in [2.24, 2.45) is 11.8 Å². The summed E-state index contributed by atoms with van der Waals surface area (Å²) in [5.74, 6) is 3.17. The number of aryl methyl sites for hydroxylation is 1. The molecule has 1 saturated heterocycles. The summed E-state index contributed by atoms with van der Waals surface area (Å²) < 4.78 is 7.42. The van der Waals surface area contributed by atoms with Gasteiger partial charge in [-0.1, -0.05) is 32.3 Å². The Labute approximate surface area is 189 Å². The Morgan fingerprint density at radius 2 is 1.91 bits per heavy atom. The van der Waals surface area contributed by atoms with Crippen molar-refractivity contribution in [3.63, 3.8) is 0 Å². The van der Waals surface area contributed by atoms with Crippen LogP contribution < -0.4 is 15.4 Å². The molecule has 4 heterocycles. The Balaban J connectivity index is 1.34. The van der Waals surface area contributed by atoms with Gasteiger partial charge in [-0.2, -0.15) is 4.98 Å². The van der Waals surface area contributed by atoms with Crippen LogP contribution in [-0.2, 0) is 6.42 Å². The molecule has 32 heavy (non-hydrogen) atoms. The van der Waals surface area contributed by atoms with E-state index in [1.165, 1.54) is 31.2 Å². The zero-order chi connectivity index (χ0) is 22.1. The van der Waals surface area contributed by atoms with Gasteiger partial charge in [0.05, 0.1) is 18.5 Å². The molecule has 0 radical (unpaired) electrons. The Hall–Kier alpha value is -2.90. The number of ether oxygens (including phenoxy) is 1. The van der Waals surface area contributed by atoms with E-state index in [9.17, 15) is 0 Å². The predicted octanol–water partition coefficient (Wildman–Crippen LogP) is 3.81. The average molecular weight is 436 g/mol. The molecule has 170 valence electrons. The summed E-state index contributed by atoms with van der Waals surface area (Å²) >= 11 is 0. The Morgan fingerprint density at radius 1 is 1.12 bits per heavy atom. The third kappa shape index (κ3) is 4.10. The number of nitrogen functional groups attached to an aromatic ring is 1. The van der Waals surface area contributed by atoms with Crippen LogP contribution in [0.15, 0.2) is 18.5 Å². The van der Waals surface area contributed by atoms with Crippen LogP contribution in [0.25, 0.3) is 5.65 Å². The second-order valence-electron chi connectivity index (χ2n) is 9.34. The third-order valence-electron chi connectivity index (χ3n) is 6.94. The van der Waals surface area contributed by atoms with Crippen molar-refractivity contribution in [2.45, 2.75) is 58.8 Å². The van der Waals surface area contributed by atoms with Crippen LogP contribution in [0.5, 0.6) is 6.01 Å². The highest BCUT2D eigenvalue weighted by Crippen LogP contribution is 2.38. The number of imidazole rings is 1. The van der Waals surface area contributed by atoms with Gasteiger partial charge < -0.3 is 15.4 Å². The quantitative estimate of drug-likeness (QED) is 0.564. The molecule has 0 aromatic carbocycles. The molecule has 2 N–H and O–H groups in total. The van der Waals surface area contributed by atoms with Crippen LogP contribution in [0.2, 0.25) is 0 Å². The van der Waals surface area contributed by atoms with Crippen LogP contribution in [0.1, 0.15) is 62.3 Å². The molecule has 8 nitrogen and oxygen atoms in total. The summed E-state index contributed by atoms with van der Waals surface area (Å²) in [6, 6.07) is 2.54. The SMILES string of the molecule is CCCCOc1nc(N)c2ncc(Cc3cnc(N4CC5CCCCC5C4)c(C)c3)n2n1. The van der Waals surface area contributed by atoms with E-state index in [4.69, 9.17) is 15.5 Å². The normalized spacial score (nSPS) is 20.6. The van der Waals surface area contributed by atoms with Gasteiger partial charge in [0.2, 0.25) is 0 Å². The van der Waals surface area contributed by atoms with Gasteiger partial charge in [0.25, 0.3) is 0 Å². The first-order valence-corrected chi connectivity index (χ1v) is 12.0. The van der Waals surface area contributed by atoms with Crippen LogP contribution in [-0.4, -0.2) is 44.3 Å². The molecule has 2 aliphatic rings. The van der Waals surface area contributed by atoms with E-state index < -0.39 is 0 Å². The smallest absolute Gasteiger partial charge is 0.336 e. The standard InChI is InChI=1S/C24H33N7O/c1-3-4-9-32-24-28-21(25)23-27-13-20(31(23)29-24)11-17-10-16(2)22(26-12-17)30-14-18-7-5-6-8-19(18)15-30/h10,12-13,18-19H,3-9,11,14-15H2,1-2H3,(H2,25,28,29). The summed E-state index contributed by atoms with van der Waals surface area (Å²) in [6.45, 7) is 7.18. The fourth-order valence-electron chi connectivity index (χ4n) is 5.26. The second kappa shape index (κ2) is 8.92. The molecule has 1 saturated carbocycles. The van der Waals surface area contributed by atoms with Gasteiger partial charge in [0, 0.05) is 25.7 Å². The number of nitrogens with two attached hydrogens (primary N) is 1. The van der Waals surface area contributed by atoms with E-state index in [0.717, 1.165) is 54.8 Å². The van der Waals surface area contributed by atoms with Crippen LogP contribution in [0.4, 0.5) is 11.6 Å². The highest BCUT2D eigenvalue weighted by atomic mass is 16.5. The molecule has 8 heteroatoms. The summed E-state index contributed by atoms with van der Waals surface area (Å²) in [4.78, 5) is 16.0. The molecule has 2 unspecified atom stereocenters. The van der Waals surface area contributed by atoms with E-state index in [2.05, 4.69) is 39.9 Å². The number of rotatable bonds is 7. The molecule has 2 fully saturated rings. The molecular formula is C24H33N7O. The molecule has 3 aromatic rings. The minimum atomic E-state index is 0.294. The van der Waals surface area contributed by atoms with Crippen molar-refractivity contribution >= 4 is 17.3 Å². The number of anilines is 2. The maximum absolute atomic E-state index is 6.10. The van der Waals surface area contributed by atoms with Gasteiger partial charge in [0.1, 0.15) is 5.82 Å². The van der Waals surface area contributed by atoms with E-state index in [-0.39, 0.29) is 0 Å². The molecule has 0 bridgehead atoms. The van der Waals surface area contributed by atoms with Crippen molar-refractivity contribution in [3.05, 3.63) is 35.3 Å². The number of unbranched alkanes of at least 4 members (excludes halogenated alkanes) is 1. The van der Waals surface area contributed by atoms with Gasteiger partial charge >= 0.3 is 6.01 Å². The predicted molar refractivity (Wildman–Crippen MR) is 125 cm³/mol. The molecule has 2 atom stereocenters. The number of aromatic nitrogens is 5. The topological polar surface area (TPSA) is 94.5 Å². The first-order valence-electron chi connectivity index (χ1n) is 12.0. The number of hydrogen-bond acceptors (Lipinski definition) is 7. The number of hydrogen-bond donors (Lipinski definition) is 1. The van der Waals surface area contributed by atoms with E-state index >= 15 is 0 Å². The lowest BCUT2D eigenvalue weighted by molar-refractivity contribution is 0.280. The minimum absolute atomic E-state index is 0.294. The summed E-state index contributed by atoms with van der Waals surface area (Å²) in [5, 5.41) is 4.52. The lowest BCUT2D eigenvalue weighted by Gasteiger charge is -2.22. The van der Waals surface area contributed by atoms with Crippen molar-refractivity contribution in [1.29, 1.82) is 0 Å². The Morgan fingerprint density at radius 3 is 2.62 bits per heavy atom. The minimum Gasteiger partial charge on any atom is -0.462 e. The molecule has 1 aliphatic heterocycles. The van der Waals surface area contributed by atoms with Gasteiger partial charge in [-0.05, 0) is 49.1 Å². The lowest BCUT2D eigenvalue weighted by Crippen LogP contribution is -2.22. The van der Waals surface area contributed by atoms with Gasteiger partial charge in [0.15, 0.2) is 11.5 Å². The van der Waals surface area contributed by atoms with E-state index in [1.54, 1.807) is 4.52 Å². The number of fused-ring (bicyclic) bond motifs is 2. The van der Waals surface area contributed by atoms with Gasteiger partial charge in [-0.15, -0.1) is 5.10 Å². The first-order chi connectivity index (χ1) is 15.6. The monoisotopic (exact) mass is 435 g/mol. The molecule has 3 aromatic heterocycles. The van der Waals surface area contributed by atoms with Gasteiger partial charge in [-0.3, -0.25) is 0 Å². The summed E-state index contributed by atoms with van der Waals surface area (Å²) in [7, 11) is 0. The second-order valence-corrected chi connectivity index (χ2v) is 9.34. The Bertz CT molecular complexity index is 1080. The zero-order valence-electron chi connectivity index (χ0n) is 19.1. The highest BCUT2D eigenvalue weighted by molar-refractivity contribution is 5.60. The molecular weight excluding hydrogens is 402 g/mol. The van der Waals surface area contributed by atoms with Crippen molar-refractivity contribution < 1.29 is 4.74 Å². The lowest BCUT2D eigenvalue weighted by atomic mass is 9.82. The molecule has 0 spiro atoms. The summed E-state index contributed by atoms with van der Waals surface area (Å²) in [5.41, 5.74) is 9.96. The largest absolute Gasteiger partial charge is 0.462 e. The third-order valence-corrected chi connectivity index (χ3v) is 6.94. The van der Waals surface area contributed by atoms with E-state index in [1.807, 2.05) is 12.4 Å². The van der Waals surface area contributed by atoms with Crippen molar-refractivity contribution in [3.8, 4) is 6.01 Å². The van der Waals surface area contributed by atoms with Crippen LogP contribution in [0.3, 0.4) is 0 Å². The van der Waals surface area contributed by atoms with Crippen molar-refractivity contribution in [1.82, 2.24) is 24.6 Å². The first kappa shape index (κ1) is 21.0. The molecule has 0 amide bonds. The van der Waals surface area contributed by atoms with Crippen LogP contribution in [0, 0.1) is 18.8 Å². The average Bonchev–Trinajstić information content (AvgIpc) is 3.39. The van der Waals surface area contributed by atoms with Gasteiger partial charge in [-0.25, -0.2) is 14.5 Å². The maximum Gasteiger partial charge on any atom is 0.336 e. The fraction of sp³-hybridized carbons (Fsp3) is 0.583. The highest BCUT2D eigenvalue weighted by Gasteiger charge is 2.35.